The van der Waals surface area contributed by atoms with E-state index < -0.39 is 5.82 Å². The number of para-hydroxylation sites is 1. The minimum absolute atomic E-state index is 0.149. The van der Waals surface area contributed by atoms with Gasteiger partial charge in [-0.25, -0.2) is 4.39 Å². The Kier molecular flexibility index (Phi) is 3.71. The largest absolute Gasteiger partial charge is 0.326 e. The Morgan fingerprint density at radius 1 is 1.53 bits per heavy atom. The summed E-state index contributed by atoms with van der Waals surface area (Å²) in [5.41, 5.74) is 5.97. The van der Waals surface area contributed by atoms with Crippen molar-refractivity contribution in [3.05, 3.63) is 30.1 Å². The van der Waals surface area contributed by atoms with Crippen molar-refractivity contribution in [2.75, 3.05) is 25.0 Å². The lowest BCUT2D eigenvalue weighted by Gasteiger charge is -2.14. The maximum atomic E-state index is 13.3. The minimum atomic E-state index is -0.418. The number of rotatable bonds is 3. The standard InChI is InChI=1S/C12H16FN3O/c13-10-3-1-2-4-11(10)15-12(17)8-16-6-5-9(14)7-16/h1-4,9H,5-8,14H2,(H,15,17)/t9-/m1/s1. The number of likely N-dealkylation sites (tertiary alicyclic amines) is 1. The summed E-state index contributed by atoms with van der Waals surface area (Å²) in [4.78, 5) is 13.6. The van der Waals surface area contributed by atoms with Crippen molar-refractivity contribution in [1.82, 2.24) is 4.90 Å². The average molecular weight is 237 g/mol. The number of hydrogen-bond acceptors (Lipinski definition) is 3. The molecule has 0 unspecified atom stereocenters. The third-order valence-corrected chi connectivity index (χ3v) is 2.82. The van der Waals surface area contributed by atoms with Gasteiger partial charge in [-0.05, 0) is 18.6 Å². The van der Waals surface area contributed by atoms with Gasteiger partial charge in [0.1, 0.15) is 5.82 Å². The zero-order valence-corrected chi connectivity index (χ0v) is 9.53. The normalized spacial score (nSPS) is 20.5. The monoisotopic (exact) mass is 237 g/mol. The third kappa shape index (κ3) is 3.25. The summed E-state index contributed by atoms with van der Waals surface area (Å²) < 4.78 is 13.3. The van der Waals surface area contributed by atoms with Gasteiger partial charge in [0.05, 0.1) is 12.2 Å². The molecule has 1 aliphatic heterocycles. The second-order valence-corrected chi connectivity index (χ2v) is 4.31. The Balaban J connectivity index is 1.87. The van der Waals surface area contributed by atoms with Crippen LogP contribution in [-0.2, 0) is 4.79 Å². The zero-order chi connectivity index (χ0) is 12.3. The first-order valence-electron chi connectivity index (χ1n) is 5.67. The number of nitrogens with two attached hydrogens (primary N) is 1. The molecule has 1 aliphatic rings. The van der Waals surface area contributed by atoms with Crippen LogP contribution in [0.15, 0.2) is 24.3 Å². The van der Waals surface area contributed by atoms with Gasteiger partial charge in [-0.1, -0.05) is 12.1 Å². The number of nitrogens with one attached hydrogen (secondary N) is 1. The van der Waals surface area contributed by atoms with Gasteiger partial charge < -0.3 is 11.1 Å². The predicted octanol–water partition coefficient (Wildman–Crippen LogP) is 0.797. The lowest BCUT2D eigenvalue weighted by molar-refractivity contribution is -0.117. The van der Waals surface area contributed by atoms with Gasteiger partial charge in [0.2, 0.25) is 5.91 Å². The van der Waals surface area contributed by atoms with Gasteiger partial charge in [-0.3, -0.25) is 9.69 Å². The van der Waals surface area contributed by atoms with Gasteiger partial charge >= 0.3 is 0 Å². The maximum Gasteiger partial charge on any atom is 0.238 e. The van der Waals surface area contributed by atoms with E-state index in [4.69, 9.17) is 5.73 Å². The summed E-state index contributed by atoms with van der Waals surface area (Å²) in [5.74, 6) is -0.622. The number of anilines is 1. The fourth-order valence-corrected chi connectivity index (χ4v) is 1.96. The molecule has 0 saturated carbocycles. The molecule has 0 radical (unpaired) electrons. The van der Waals surface area contributed by atoms with Crippen molar-refractivity contribution in [2.24, 2.45) is 5.73 Å². The molecule has 3 N–H and O–H groups in total. The Hall–Kier alpha value is -1.46. The Morgan fingerprint density at radius 3 is 2.94 bits per heavy atom. The third-order valence-electron chi connectivity index (χ3n) is 2.82. The first-order chi connectivity index (χ1) is 8.15. The van der Waals surface area contributed by atoms with Crippen molar-refractivity contribution in [2.45, 2.75) is 12.5 Å². The van der Waals surface area contributed by atoms with E-state index in [1.165, 1.54) is 6.07 Å². The molecule has 5 heteroatoms. The van der Waals surface area contributed by atoms with E-state index in [0.29, 0.717) is 0 Å². The summed E-state index contributed by atoms with van der Waals surface area (Å²) in [6.45, 7) is 1.82. The molecule has 0 aromatic heterocycles. The number of carbonyl (C=O) groups is 1. The predicted molar refractivity (Wildman–Crippen MR) is 64.1 cm³/mol. The summed E-state index contributed by atoms with van der Waals surface area (Å²) in [5, 5.41) is 2.56. The molecule has 1 aromatic carbocycles. The molecule has 92 valence electrons. The number of carbonyl (C=O) groups excluding carboxylic acids is 1. The van der Waals surface area contributed by atoms with E-state index in [-0.39, 0.29) is 24.2 Å². The lowest BCUT2D eigenvalue weighted by atomic mass is 10.3. The second-order valence-electron chi connectivity index (χ2n) is 4.31. The summed E-state index contributed by atoms with van der Waals surface area (Å²) in [6, 6.07) is 6.29. The van der Waals surface area contributed by atoms with Crippen molar-refractivity contribution < 1.29 is 9.18 Å². The Labute approximate surface area is 99.6 Å². The van der Waals surface area contributed by atoms with Crippen molar-refractivity contribution in [3.8, 4) is 0 Å². The van der Waals surface area contributed by atoms with Crippen molar-refractivity contribution in [3.63, 3.8) is 0 Å². The molecule has 17 heavy (non-hydrogen) atoms. The zero-order valence-electron chi connectivity index (χ0n) is 9.53. The maximum absolute atomic E-state index is 13.3. The molecule has 0 spiro atoms. The van der Waals surface area contributed by atoms with Crippen LogP contribution in [0.2, 0.25) is 0 Å². The number of benzene rings is 1. The van der Waals surface area contributed by atoms with E-state index in [9.17, 15) is 9.18 Å². The highest BCUT2D eigenvalue weighted by Gasteiger charge is 2.21. The molecule has 1 heterocycles. The molecular formula is C12H16FN3O. The van der Waals surface area contributed by atoms with Crippen LogP contribution < -0.4 is 11.1 Å². The Morgan fingerprint density at radius 2 is 2.29 bits per heavy atom. The molecule has 1 atom stereocenters. The van der Waals surface area contributed by atoms with Crippen LogP contribution in [0.4, 0.5) is 10.1 Å². The molecule has 2 rings (SSSR count). The highest BCUT2D eigenvalue weighted by molar-refractivity contribution is 5.92. The lowest BCUT2D eigenvalue weighted by Crippen LogP contribution is -2.33. The molecular weight excluding hydrogens is 221 g/mol. The van der Waals surface area contributed by atoms with Gasteiger partial charge in [-0.15, -0.1) is 0 Å². The molecule has 1 amide bonds. The first kappa shape index (κ1) is 12.0. The van der Waals surface area contributed by atoms with Crippen LogP contribution in [0.25, 0.3) is 0 Å². The number of amides is 1. The van der Waals surface area contributed by atoms with E-state index in [0.717, 1.165) is 19.5 Å². The van der Waals surface area contributed by atoms with Crippen LogP contribution in [-0.4, -0.2) is 36.5 Å². The molecule has 0 bridgehead atoms. The van der Waals surface area contributed by atoms with Gasteiger partial charge in [0.25, 0.3) is 0 Å². The molecule has 1 saturated heterocycles. The smallest absolute Gasteiger partial charge is 0.238 e. The van der Waals surface area contributed by atoms with Crippen LogP contribution in [0.1, 0.15) is 6.42 Å². The van der Waals surface area contributed by atoms with Gasteiger partial charge in [-0.2, -0.15) is 0 Å². The molecule has 1 aromatic rings. The molecule has 1 fully saturated rings. The molecule has 0 aliphatic carbocycles. The fourth-order valence-electron chi connectivity index (χ4n) is 1.96. The van der Waals surface area contributed by atoms with Crippen molar-refractivity contribution in [1.29, 1.82) is 0 Å². The highest BCUT2D eigenvalue weighted by atomic mass is 19.1. The quantitative estimate of drug-likeness (QED) is 0.817. The number of nitrogens with zero attached hydrogens (tertiary/aromatic N) is 1. The summed E-state index contributed by atoms with van der Waals surface area (Å²) in [6.07, 6.45) is 0.910. The highest BCUT2D eigenvalue weighted by Crippen LogP contribution is 2.13. The van der Waals surface area contributed by atoms with Gasteiger partial charge in [0.15, 0.2) is 0 Å². The first-order valence-corrected chi connectivity index (χ1v) is 5.67. The second kappa shape index (κ2) is 5.25. The van der Waals surface area contributed by atoms with E-state index >= 15 is 0 Å². The summed E-state index contributed by atoms with van der Waals surface area (Å²) in [7, 11) is 0. The number of hydrogen-bond donors (Lipinski definition) is 2. The Bertz CT molecular complexity index is 410. The summed E-state index contributed by atoms with van der Waals surface area (Å²) >= 11 is 0. The van der Waals surface area contributed by atoms with E-state index in [1.54, 1.807) is 18.2 Å². The van der Waals surface area contributed by atoms with Crippen LogP contribution in [0.3, 0.4) is 0 Å². The topological polar surface area (TPSA) is 58.4 Å². The minimum Gasteiger partial charge on any atom is -0.326 e. The fraction of sp³-hybridized carbons (Fsp3) is 0.417. The van der Waals surface area contributed by atoms with Crippen LogP contribution in [0.5, 0.6) is 0 Å². The average Bonchev–Trinajstić information content (AvgIpc) is 2.67. The van der Waals surface area contributed by atoms with Crippen LogP contribution >= 0.6 is 0 Å². The SMILES string of the molecule is N[C@@H]1CCN(CC(=O)Nc2ccccc2F)C1. The van der Waals surface area contributed by atoms with Crippen molar-refractivity contribution >= 4 is 11.6 Å². The van der Waals surface area contributed by atoms with E-state index in [2.05, 4.69) is 5.32 Å². The van der Waals surface area contributed by atoms with Crippen LogP contribution in [0, 0.1) is 5.82 Å². The number of halogens is 1. The van der Waals surface area contributed by atoms with Gasteiger partial charge in [0, 0.05) is 19.1 Å². The van der Waals surface area contributed by atoms with E-state index in [1.807, 2.05) is 4.90 Å². The molecule has 4 nitrogen and oxygen atoms in total.